The Morgan fingerprint density at radius 2 is 2.03 bits per heavy atom. The van der Waals surface area contributed by atoms with Gasteiger partial charge in [0, 0.05) is 11.9 Å². The summed E-state index contributed by atoms with van der Waals surface area (Å²) in [6.45, 7) is -0.969. The molecule has 1 saturated carbocycles. The summed E-state index contributed by atoms with van der Waals surface area (Å²) in [6, 6.07) is 4.75. The summed E-state index contributed by atoms with van der Waals surface area (Å²) in [4.78, 5) is 10.8. The second-order valence-corrected chi connectivity index (χ2v) is 9.29. The lowest BCUT2D eigenvalue weighted by molar-refractivity contribution is -0.0436. The third-order valence-corrected chi connectivity index (χ3v) is 6.91. The number of halogens is 3. The highest BCUT2D eigenvalue weighted by molar-refractivity contribution is 7.92. The van der Waals surface area contributed by atoms with Crippen molar-refractivity contribution in [2.45, 2.75) is 48.7 Å². The molecule has 1 heterocycles. The number of aliphatic hydroxyl groups excluding tert-OH is 1. The zero-order valence-corrected chi connectivity index (χ0v) is 17.4. The van der Waals surface area contributed by atoms with Crippen LogP contribution in [0.1, 0.15) is 47.6 Å². The number of hydrogen-bond acceptors (Lipinski definition) is 7. The zero-order chi connectivity index (χ0) is 23.7. The van der Waals surface area contributed by atoms with Crippen molar-refractivity contribution in [1.29, 1.82) is 5.26 Å². The van der Waals surface area contributed by atoms with Crippen LogP contribution < -0.4 is 11.1 Å². The molecule has 0 bridgehead atoms. The van der Waals surface area contributed by atoms with E-state index < -0.39 is 38.3 Å². The van der Waals surface area contributed by atoms with Gasteiger partial charge in [-0.05, 0) is 36.6 Å². The molecule has 1 aromatic heterocycles. The predicted molar refractivity (Wildman–Crippen MR) is 106 cm³/mol. The number of primary amides is 1. The van der Waals surface area contributed by atoms with E-state index >= 15 is 0 Å². The van der Waals surface area contributed by atoms with Gasteiger partial charge in [0.05, 0.1) is 29.5 Å². The summed E-state index contributed by atoms with van der Waals surface area (Å²) in [5.41, 5.74) is -0.510. The number of nitrogens with zero attached hydrogens (tertiary/aromatic N) is 3. The maximum absolute atomic E-state index is 12.9. The van der Waals surface area contributed by atoms with E-state index in [0.717, 1.165) is 25.0 Å². The number of aliphatic hydroxyl groups is 1. The van der Waals surface area contributed by atoms with Gasteiger partial charge in [-0.1, -0.05) is 12.8 Å². The third-order valence-electron chi connectivity index (χ3n) is 5.32. The Hall–Kier alpha value is -3.11. The van der Waals surface area contributed by atoms with Gasteiger partial charge in [0.2, 0.25) is 0 Å². The summed E-state index contributed by atoms with van der Waals surface area (Å²) in [7, 11) is -5.66. The van der Waals surface area contributed by atoms with E-state index in [-0.39, 0.29) is 29.0 Å². The number of aromatic nitrogens is 2. The maximum Gasteiger partial charge on any atom is 0.501 e. The van der Waals surface area contributed by atoms with Crippen LogP contribution in [0.4, 0.5) is 24.7 Å². The molecule has 2 atom stereocenters. The number of rotatable bonds is 6. The fourth-order valence-electron chi connectivity index (χ4n) is 3.72. The minimum atomic E-state index is -5.66. The number of nitrogens with two attached hydrogens (primary N) is 1. The van der Waals surface area contributed by atoms with Crippen LogP contribution in [0.2, 0.25) is 0 Å². The quantitative estimate of drug-likeness (QED) is 0.586. The normalized spacial score (nSPS) is 19.3. The number of nitriles is 1. The second-order valence-electron chi connectivity index (χ2n) is 7.38. The first-order valence-corrected chi connectivity index (χ1v) is 11.1. The van der Waals surface area contributed by atoms with Gasteiger partial charge in [-0.15, -0.1) is 0 Å². The third kappa shape index (κ3) is 4.42. The highest BCUT2D eigenvalue weighted by Gasteiger charge is 2.47. The van der Waals surface area contributed by atoms with Gasteiger partial charge in [0.15, 0.2) is 5.82 Å². The van der Waals surface area contributed by atoms with Gasteiger partial charge in [0.25, 0.3) is 15.7 Å². The van der Waals surface area contributed by atoms with Crippen LogP contribution in [0.3, 0.4) is 0 Å². The molecule has 1 amide bonds. The van der Waals surface area contributed by atoms with Gasteiger partial charge < -0.3 is 16.2 Å². The van der Waals surface area contributed by atoms with E-state index in [4.69, 9.17) is 5.73 Å². The van der Waals surface area contributed by atoms with Crippen LogP contribution in [0, 0.1) is 17.2 Å². The largest absolute Gasteiger partial charge is 0.501 e. The Labute approximate surface area is 181 Å². The van der Waals surface area contributed by atoms with Crippen molar-refractivity contribution in [1.82, 2.24) is 9.78 Å². The molecule has 2 aromatic rings. The molecule has 32 heavy (non-hydrogen) atoms. The molecule has 0 unspecified atom stereocenters. The van der Waals surface area contributed by atoms with Crippen molar-refractivity contribution >= 4 is 27.2 Å². The summed E-state index contributed by atoms with van der Waals surface area (Å²) in [5.74, 6) is -1.12. The van der Waals surface area contributed by atoms with Crippen molar-refractivity contribution in [3.63, 3.8) is 0 Å². The number of alkyl halides is 3. The predicted octanol–water partition coefficient (Wildman–Crippen LogP) is 2.77. The lowest BCUT2D eigenvalue weighted by Gasteiger charge is -2.26. The van der Waals surface area contributed by atoms with Crippen molar-refractivity contribution in [3.05, 3.63) is 35.5 Å². The van der Waals surface area contributed by atoms with Crippen LogP contribution in [0.25, 0.3) is 0 Å². The number of carbonyl (C=O) groups is 1. The van der Waals surface area contributed by atoms with Gasteiger partial charge >= 0.3 is 5.51 Å². The Morgan fingerprint density at radius 1 is 1.34 bits per heavy atom. The lowest BCUT2D eigenvalue weighted by atomic mass is 9.85. The minimum absolute atomic E-state index is 0.00455. The molecule has 4 N–H and O–H groups in total. The van der Waals surface area contributed by atoms with E-state index in [9.17, 15) is 36.8 Å². The second kappa shape index (κ2) is 8.79. The monoisotopic (exact) mass is 471 g/mol. The highest BCUT2D eigenvalue weighted by Crippen LogP contribution is 2.36. The first-order valence-electron chi connectivity index (χ1n) is 9.60. The molecule has 9 nitrogen and oxygen atoms in total. The number of amides is 1. The Morgan fingerprint density at radius 3 is 2.62 bits per heavy atom. The molecular formula is C19H20F3N5O4S. The Kier molecular flexibility index (Phi) is 6.47. The highest BCUT2D eigenvalue weighted by atomic mass is 32.2. The first-order chi connectivity index (χ1) is 15.0. The van der Waals surface area contributed by atoms with Crippen molar-refractivity contribution < 1.29 is 31.5 Å². The molecule has 3 rings (SSSR count). The molecule has 172 valence electrons. The molecule has 1 aliphatic carbocycles. The van der Waals surface area contributed by atoms with Crippen LogP contribution in [-0.2, 0) is 16.4 Å². The molecule has 13 heteroatoms. The Balaban J connectivity index is 1.97. The molecule has 0 aliphatic heterocycles. The minimum Gasteiger partial charge on any atom is -0.392 e. The van der Waals surface area contributed by atoms with Crippen LogP contribution in [-0.4, -0.2) is 34.7 Å². The summed E-state index contributed by atoms with van der Waals surface area (Å²) >= 11 is 0. The van der Waals surface area contributed by atoms with Gasteiger partial charge in [-0.3, -0.25) is 9.48 Å². The number of nitrogens with one attached hydrogen (secondary N) is 1. The summed E-state index contributed by atoms with van der Waals surface area (Å²) in [5, 5.41) is 25.9. The van der Waals surface area contributed by atoms with Gasteiger partial charge in [0.1, 0.15) is 5.56 Å². The number of anilines is 2. The average Bonchev–Trinajstić information content (AvgIpc) is 3.16. The van der Waals surface area contributed by atoms with E-state index in [1.807, 2.05) is 0 Å². The number of benzene rings is 1. The van der Waals surface area contributed by atoms with Crippen LogP contribution >= 0.6 is 0 Å². The van der Waals surface area contributed by atoms with E-state index in [0.29, 0.717) is 18.9 Å². The standard InChI is InChI=1S/C19H20F3N5O4S/c20-19(21,22)32(30,31)16-6-5-13(7-12(16)10-28)25-18-14(17(24)29)9-27(26-18)15-4-2-1-3-11(15)8-23/h5-7,9,11,15,28H,1-4,10H2,(H2,24,29)(H,25,26)/t11-,15+/m1/s1. The molecule has 1 fully saturated rings. The molecule has 0 saturated heterocycles. The van der Waals surface area contributed by atoms with Crippen LogP contribution in [0.5, 0.6) is 0 Å². The SMILES string of the molecule is N#C[C@H]1CCCC[C@@H]1n1cc(C(N)=O)c(Nc2ccc(S(=O)(=O)C(F)(F)F)c(CO)c2)n1. The Bertz CT molecular complexity index is 1170. The molecule has 0 radical (unpaired) electrons. The van der Waals surface area contributed by atoms with E-state index in [1.54, 1.807) is 0 Å². The van der Waals surface area contributed by atoms with Gasteiger partial charge in [-0.25, -0.2) is 8.42 Å². The number of carbonyl (C=O) groups excluding carboxylic acids is 1. The zero-order valence-electron chi connectivity index (χ0n) is 16.6. The molecule has 1 aromatic carbocycles. The average molecular weight is 471 g/mol. The van der Waals surface area contributed by atoms with Crippen molar-refractivity contribution in [2.75, 3.05) is 5.32 Å². The summed E-state index contributed by atoms with van der Waals surface area (Å²) in [6.07, 6.45) is 4.55. The lowest BCUT2D eigenvalue weighted by Crippen LogP contribution is -2.24. The fourth-order valence-corrected chi connectivity index (χ4v) is 4.68. The first kappa shape index (κ1) is 23.6. The van der Waals surface area contributed by atoms with Crippen molar-refractivity contribution in [2.24, 2.45) is 11.7 Å². The summed E-state index contributed by atoms with van der Waals surface area (Å²) < 4.78 is 63.6. The van der Waals surface area contributed by atoms with Crippen LogP contribution in [0.15, 0.2) is 29.3 Å². The fraction of sp³-hybridized carbons (Fsp3) is 0.421. The maximum atomic E-state index is 12.9. The van der Waals surface area contributed by atoms with E-state index in [1.165, 1.54) is 10.9 Å². The molecule has 1 aliphatic rings. The molecular weight excluding hydrogens is 451 g/mol. The van der Waals surface area contributed by atoms with Gasteiger partial charge in [-0.2, -0.15) is 23.5 Å². The smallest absolute Gasteiger partial charge is 0.392 e. The number of hydrogen-bond donors (Lipinski definition) is 3. The molecule has 0 spiro atoms. The topological polar surface area (TPSA) is 151 Å². The number of sulfone groups is 1. The van der Waals surface area contributed by atoms with Crippen molar-refractivity contribution in [3.8, 4) is 6.07 Å². The van der Waals surface area contributed by atoms with E-state index in [2.05, 4.69) is 16.5 Å².